The van der Waals surface area contributed by atoms with E-state index in [1.165, 1.54) is 11.0 Å². The monoisotopic (exact) mass is 287 g/mol. The Hall–Kier alpha value is -1.66. The highest BCUT2D eigenvalue weighted by atomic mass is 35.5. The number of benzene rings is 1. The van der Waals surface area contributed by atoms with Crippen LogP contribution in [-0.2, 0) is 11.3 Å². The third kappa shape index (κ3) is 5.23. The van der Waals surface area contributed by atoms with Crippen molar-refractivity contribution >= 4 is 24.0 Å². The smallest absolute Gasteiger partial charge is 0.274 e. The summed E-state index contributed by atoms with van der Waals surface area (Å²) in [7, 11) is 3.42. The minimum Gasteiger partial charge on any atom is -0.341 e. The molecule has 0 aliphatic rings. The zero-order valence-corrected chi connectivity index (χ0v) is 11.8. The van der Waals surface area contributed by atoms with Crippen LogP contribution in [0.3, 0.4) is 0 Å². The lowest BCUT2D eigenvalue weighted by atomic mass is 10.1. The van der Waals surface area contributed by atoms with Crippen molar-refractivity contribution in [3.8, 4) is 0 Å². The number of carbonyl (C=O) groups excluding carboxylic acids is 1. The van der Waals surface area contributed by atoms with Crippen LogP contribution in [0.15, 0.2) is 24.3 Å². The van der Waals surface area contributed by atoms with Gasteiger partial charge < -0.3 is 10.2 Å². The first kappa shape index (κ1) is 17.3. The number of carbonyl (C=O) groups is 1. The maximum atomic E-state index is 11.7. The van der Waals surface area contributed by atoms with Crippen LogP contribution in [-0.4, -0.2) is 36.4 Å². The Balaban J connectivity index is 0.00000324. The molecule has 0 radical (unpaired) electrons. The minimum absolute atomic E-state index is 0. The van der Waals surface area contributed by atoms with Crippen molar-refractivity contribution in [2.75, 3.05) is 20.6 Å². The van der Waals surface area contributed by atoms with E-state index < -0.39 is 4.92 Å². The number of nitro groups is 1. The summed E-state index contributed by atoms with van der Waals surface area (Å²) in [5.74, 6) is -0.0394. The van der Waals surface area contributed by atoms with Crippen molar-refractivity contribution in [2.24, 2.45) is 0 Å². The van der Waals surface area contributed by atoms with Gasteiger partial charge in [-0.05, 0) is 7.05 Å². The fourth-order valence-electron chi connectivity index (χ4n) is 1.59. The molecule has 0 aliphatic heterocycles. The third-order valence-electron chi connectivity index (χ3n) is 2.61. The van der Waals surface area contributed by atoms with Crippen molar-refractivity contribution in [2.45, 2.75) is 13.0 Å². The molecular formula is C12H18ClN3O3. The average molecular weight is 288 g/mol. The molecule has 1 aromatic rings. The van der Waals surface area contributed by atoms with Gasteiger partial charge >= 0.3 is 0 Å². The number of nitrogens with one attached hydrogen (secondary N) is 1. The van der Waals surface area contributed by atoms with Gasteiger partial charge in [-0.3, -0.25) is 14.9 Å². The molecule has 0 fully saturated rings. The molecule has 0 aliphatic carbocycles. The number of para-hydroxylation sites is 1. The molecule has 6 nitrogen and oxygen atoms in total. The van der Waals surface area contributed by atoms with Gasteiger partial charge in [0.1, 0.15) is 0 Å². The molecule has 0 saturated heterocycles. The predicted molar refractivity (Wildman–Crippen MR) is 75.4 cm³/mol. The second-order valence-corrected chi connectivity index (χ2v) is 3.99. The summed E-state index contributed by atoms with van der Waals surface area (Å²) in [6, 6.07) is 6.46. The average Bonchev–Trinajstić information content (AvgIpc) is 2.36. The zero-order chi connectivity index (χ0) is 13.5. The molecule has 0 spiro atoms. The van der Waals surface area contributed by atoms with Crippen LogP contribution in [0.25, 0.3) is 0 Å². The Kier molecular flexibility index (Phi) is 7.71. The van der Waals surface area contributed by atoms with Gasteiger partial charge in [0, 0.05) is 31.6 Å². The van der Waals surface area contributed by atoms with Crippen molar-refractivity contribution in [3.05, 3.63) is 39.9 Å². The van der Waals surface area contributed by atoms with Gasteiger partial charge in [-0.25, -0.2) is 0 Å². The highest BCUT2D eigenvalue weighted by Gasteiger charge is 2.16. The summed E-state index contributed by atoms with van der Waals surface area (Å²) in [5.41, 5.74) is 0.591. The maximum Gasteiger partial charge on any atom is 0.274 e. The van der Waals surface area contributed by atoms with E-state index in [-0.39, 0.29) is 30.5 Å². The number of halogens is 1. The molecule has 1 aromatic carbocycles. The topological polar surface area (TPSA) is 75.5 Å². The molecule has 0 saturated carbocycles. The maximum absolute atomic E-state index is 11.7. The third-order valence-corrected chi connectivity index (χ3v) is 2.61. The molecule has 19 heavy (non-hydrogen) atoms. The van der Waals surface area contributed by atoms with Gasteiger partial charge in [-0.2, -0.15) is 0 Å². The predicted octanol–water partition coefficient (Wildman–Crippen LogP) is 1.58. The largest absolute Gasteiger partial charge is 0.341 e. The quantitative estimate of drug-likeness (QED) is 0.637. The van der Waals surface area contributed by atoms with E-state index in [1.54, 1.807) is 32.3 Å². The summed E-state index contributed by atoms with van der Waals surface area (Å²) in [4.78, 5) is 23.6. The molecule has 0 heterocycles. The molecule has 0 unspecified atom stereocenters. The van der Waals surface area contributed by atoms with Crippen LogP contribution in [0.2, 0.25) is 0 Å². The van der Waals surface area contributed by atoms with Crippen LogP contribution >= 0.6 is 12.4 Å². The second kappa shape index (κ2) is 8.44. The van der Waals surface area contributed by atoms with Crippen LogP contribution in [0.1, 0.15) is 12.0 Å². The summed E-state index contributed by atoms with van der Waals surface area (Å²) in [6.45, 7) is 0.847. The molecule has 1 N–H and O–H groups in total. The van der Waals surface area contributed by atoms with Gasteiger partial charge in [0.15, 0.2) is 0 Å². The first-order valence-corrected chi connectivity index (χ1v) is 5.67. The number of hydrogen-bond acceptors (Lipinski definition) is 4. The van der Waals surface area contributed by atoms with Gasteiger partial charge in [0.25, 0.3) is 5.69 Å². The van der Waals surface area contributed by atoms with Crippen molar-refractivity contribution in [1.29, 1.82) is 0 Å². The summed E-state index contributed by atoms with van der Waals surface area (Å²) in [5, 5.41) is 13.7. The first-order chi connectivity index (χ1) is 8.56. The standard InChI is InChI=1S/C12H17N3O3.ClH/c1-13-8-7-12(16)14(2)9-10-5-3-4-6-11(10)15(17)18;/h3-6,13H,7-9H2,1-2H3;1H. The molecule has 1 amide bonds. The molecule has 106 valence electrons. The molecular weight excluding hydrogens is 270 g/mol. The van der Waals surface area contributed by atoms with E-state index in [4.69, 9.17) is 0 Å². The van der Waals surface area contributed by atoms with Crippen LogP contribution in [0, 0.1) is 10.1 Å². The normalized spacial score (nSPS) is 9.58. The fraction of sp³-hybridized carbons (Fsp3) is 0.417. The lowest BCUT2D eigenvalue weighted by Crippen LogP contribution is -2.28. The molecule has 0 bridgehead atoms. The van der Waals surface area contributed by atoms with E-state index in [9.17, 15) is 14.9 Å². The SMILES string of the molecule is CNCCC(=O)N(C)Cc1ccccc1[N+](=O)[O-].Cl. The van der Waals surface area contributed by atoms with E-state index in [2.05, 4.69) is 5.32 Å². The van der Waals surface area contributed by atoms with Crippen molar-refractivity contribution in [1.82, 2.24) is 10.2 Å². The van der Waals surface area contributed by atoms with E-state index in [1.807, 2.05) is 0 Å². The lowest BCUT2D eigenvalue weighted by Gasteiger charge is -2.17. The molecule has 0 aromatic heterocycles. The summed E-state index contributed by atoms with van der Waals surface area (Å²) in [6.07, 6.45) is 0.383. The van der Waals surface area contributed by atoms with Gasteiger partial charge in [0.2, 0.25) is 5.91 Å². The Morgan fingerprint density at radius 1 is 1.42 bits per heavy atom. The van der Waals surface area contributed by atoms with Crippen LogP contribution in [0.5, 0.6) is 0 Å². The number of hydrogen-bond donors (Lipinski definition) is 1. The Labute approximate surface area is 118 Å². The van der Waals surface area contributed by atoms with Gasteiger partial charge in [-0.15, -0.1) is 12.4 Å². The van der Waals surface area contributed by atoms with E-state index in [0.29, 0.717) is 18.5 Å². The minimum atomic E-state index is -0.429. The molecule has 1 rings (SSSR count). The van der Waals surface area contributed by atoms with E-state index in [0.717, 1.165) is 0 Å². The summed E-state index contributed by atoms with van der Waals surface area (Å²) < 4.78 is 0. The molecule has 7 heteroatoms. The Morgan fingerprint density at radius 2 is 2.05 bits per heavy atom. The van der Waals surface area contributed by atoms with Gasteiger partial charge in [-0.1, -0.05) is 18.2 Å². The van der Waals surface area contributed by atoms with E-state index >= 15 is 0 Å². The lowest BCUT2D eigenvalue weighted by molar-refractivity contribution is -0.385. The number of nitro benzene ring substituents is 1. The van der Waals surface area contributed by atoms with Crippen LogP contribution in [0.4, 0.5) is 5.69 Å². The van der Waals surface area contributed by atoms with Crippen molar-refractivity contribution < 1.29 is 9.72 Å². The Bertz CT molecular complexity index is 440. The fourth-order valence-corrected chi connectivity index (χ4v) is 1.59. The van der Waals surface area contributed by atoms with Crippen LogP contribution < -0.4 is 5.32 Å². The van der Waals surface area contributed by atoms with Gasteiger partial charge in [0.05, 0.1) is 11.5 Å². The second-order valence-electron chi connectivity index (χ2n) is 3.99. The number of amides is 1. The van der Waals surface area contributed by atoms with Crippen molar-refractivity contribution in [3.63, 3.8) is 0 Å². The highest BCUT2D eigenvalue weighted by molar-refractivity contribution is 5.85. The Morgan fingerprint density at radius 3 is 2.63 bits per heavy atom. The number of nitrogens with zero attached hydrogens (tertiary/aromatic N) is 2. The summed E-state index contributed by atoms with van der Waals surface area (Å²) >= 11 is 0. The molecule has 0 atom stereocenters. The highest BCUT2D eigenvalue weighted by Crippen LogP contribution is 2.19. The zero-order valence-electron chi connectivity index (χ0n) is 11.0. The first-order valence-electron chi connectivity index (χ1n) is 5.67. The number of rotatable bonds is 6.